The van der Waals surface area contributed by atoms with Crippen LogP contribution in [0, 0.1) is 5.92 Å². The van der Waals surface area contributed by atoms with Gasteiger partial charge in [0.2, 0.25) is 0 Å². The van der Waals surface area contributed by atoms with E-state index < -0.39 is 49.2 Å². The first-order valence-electron chi connectivity index (χ1n) is 17.9. The van der Waals surface area contributed by atoms with Crippen molar-refractivity contribution in [1.29, 1.82) is 0 Å². The first kappa shape index (κ1) is 41.6. The smallest absolute Gasteiger partial charge is 0.387 e. The molecule has 12 nitrogen and oxygen atoms in total. The Morgan fingerprint density at radius 2 is 1.41 bits per heavy atom. The summed E-state index contributed by atoms with van der Waals surface area (Å²) in [5, 5.41) is 0. The molecular weight excluding hydrogens is 799 g/mol. The number of aromatic nitrogens is 2. The Morgan fingerprint density at radius 3 is 2.02 bits per heavy atom. The first-order valence-corrected chi connectivity index (χ1v) is 18.7. The molecule has 2 aromatic heterocycles. The molecule has 1 saturated carbocycles. The van der Waals surface area contributed by atoms with E-state index in [4.69, 9.17) is 13.9 Å². The Kier molecular flexibility index (Phi) is 14.0. The van der Waals surface area contributed by atoms with Gasteiger partial charge in [0.1, 0.15) is 6.26 Å². The molecule has 58 heavy (non-hydrogen) atoms. The number of ether oxygens (including phenoxy) is 5. The number of esters is 2. The summed E-state index contributed by atoms with van der Waals surface area (Å²) in [6.45, 7) is -7.21. The lowest BCUT2D eigenvalue weighted by molar-refractivity contribution is -0.143. The lowest BCUT2D eigenvalue weighted by Gasteiger charge is -2.38. The molecule has 0 amide bonds. The number of benzene rings is 3. The number of hydrogen-bond donors (Lipinski definition) is 0. The summed E-state index contributed by atoms with van der Waals surface area (Å²) in [5.41, 5.74) is 3.78. The van der Waals surface area contributed by atoms with Gasteiger partial charge in [-0.25, -0.2) is 9.78 Å². The number of hydrogen-bond acceptors (Lipinski definition) is 13. The van der Waals surface area contributed by atoms with Crippen molar-refractivity contribution >= 4 is 40.3 Å². The molecular formula is C39H36F6N4O8S. The van der Waals surface area contributed by atoms with Crippen LogP contribution in [0.1, 0.15) is 53.5 Å². The summed E-state index contributed by atoms with van der Waals surface area (Å²) >= 11 is 1.37. The van der Waals surface area contributed by atoms with E-state index in [1.165, 1.54) is 60.4 Å². The van der Waals surface area contributed by atoms with E-state index in [0.29, 0.717) is 55.0 Å². The van der Waals surface area contributed by atoms with Crippen LogP contribution < -0.4 is 28.7 Å². The maximum atomic E-state index is 13.3. The molecule has 0 radical (unpaired) electrons. The highest BCUT2D eigenvalue weighted by molar-refractivity contribution is 7.09. The van der Waals surface area contributed by atoms with Gasteiger partial charge in [-0.2, -0.15) is 26.3 Å². The van der Waals surface area contributed by atoms with Gasteiger partial charge in [0.05, 0.1) is 42.4 Å². The highest BCUT2D eigenvalue weighted by Crippen LogP contribution is 2.40. The van der Waals surface area contributed by atoms with Crippen LogP contribution >= 0.6 is 11.3 Å². The number of anilines is 3. The average molecular weight is 835 g/mol. The molecule has 0 atom stereocenters. The second-order valence-electron chi connectivity index (χ2n) is 12.8. The predicted molar refractivity (Wildman–Crippen MR) is 197 cm³/mol. The third-order valence-corrected chi connectivity index (χ3v) is 9.90. The van der Waals surface area contributed by atoms with Gasteiger partial charge >= 0.3 is 31.8 Å². The number of alkyl halides is 6. The maximum Gasteiger partial charge on any atom is 0.387 e. The zero-order chi connectivity index (χ0) is 41.2. The maximum absolute atomic E-state index is 13.3. The molecule has 308 valence electrons. The molecule has 0 bridgehead atoms. The van der Waals surface area contributed by atoms with E-state index in [9.17, 15) is 35.9 Å². The molecule has 0 unspecified atom stereocenters. The van der Waals surface area contributed by atoms with Crippen LogP contribution in [0.2, 0.25) is 0 Å². The van der Waals surface area contributed by atoms with Crippen LogP contribution in [0.3, 0.4) is 0 Å². The predicted octanol–water partition coefficient (Wildman–Crippen LogP) is 9.62. The minimum absolute atomic E-state index is 0.0932. The topological polar surface area (TPSA) is 126 Å². The van der Waals surface area contributed by atoms with Crippen LogP contribution in [0.25, 0.3) is 0 Å². The molecule has 6 rings (SSSR count). The van der Waals surface area contributed by atoms with Crippen molar-refractivity contribution in [3.05, 3.63) is 101 Å². The monoisotopic (exact) mass is 834 g/mol. The average Bonchev–Trinajstić information content (AvgIpc) is 3.92. The van der Waals surface area contributed by atoms with Gasteiger partial charge < -0.3 is 37.9 Å². The zero-order valence-corrected chi connectivity index (χ0v) is 31.5. The number of carbonyl (C=O) groups is 2. The molecule has 1 fully saturated rings. The Morgan fingerprint density at radius 1 is 0.793 bits per heavy atom. The Bertz CT molecular complexity index is 2090. The SMILES string of the molecule is CCOc1cc(N(Cc2cocn2)c2ccc(C(=O)OC(=O)C3CCC(N(Cc4cncs4)c4ccc(OC(F)F)c(OC(F)F)c4)CC3)cc2)ccc1OC(F)F. The van der Waals surface area contributed by atoms with E-state index >= 15 is 0 Å². The van der Waals surface area contributed by atoms with Gasteiger partial charge in [0.15, 0.2) is 29.4 Å². The molecule has 19 heteroatoms. The lowest BCUT2D eigenvalue weighted by Crippen LogP contribution is -2.39. The molecule has 2 heterocycles. The van der Waals surface area contributed by atoms with E-state index in [2.05, 4.69) is 24.2 Å². The number of carbonyl (C=O) groups excluding carboxylic acids is 2. The van der Waals surface area contributed by atoms with Crippen LogP contribution in [0.4, 0.5) is 43.4 Å². The summed E-state index contributed by atoms with van der Waals surface area (Å²) < 4.78 is 108. The van der Waals surface area contributed by atoms with Crippen LogP contribution in [0.15, 0.2) is 89.4 Å². The third kappa shape index (κ3) is 10.9. The van der Waals surface area contributed by atoms with Crippen molar-refractivity contribution in [2.45, 2.75) is 71.6 Å². The fourth-order valence-electron chi connectivity index (χ4n) is 6.55. The Labute approximate surface area is 331 Å². The molecule has 3 aromatic carbocycles. The lowest BCUT2D eigenvalue weighted by atomic mass is 9.85. The van der Waals surface area contributed by atoms with E-state index in [-0.39, 0.29) is 36.3 Å². The minimum Gasteiger partial charge on any atom is -0.490 e. The van der Waals surface area contributed by atoms with Crippen molar-refractivity contribution in [1.82, 2.24) is 9.97 Å². The Balaban J connectivity index is 1.12. The standard InChI is InChI=1S/C39H36F6N4O8S/c1-2-53-33-15-28(11-13-31(33)54-37(40)41)48(18-25-20-52-21-47-25)26-7-3-23(4-8-26)35(50)57-36(51)24-5-9-27(10-6-24)49(19-30-17-46-22-58-30)29-12-14-32(55-38(42)43)34(16-29)56-39(44)45/h3-4,7-8,11-17,20-22,24,27,37-39H,2,5-6,9-10,18-19H2,1H3. The molecule has 0 spiro atoms. The summed E-state index contributed by atoms with van der Waals surface area (Å²) in [7, 11) is 0. The van der Waals surface area contributed by atoms with Crippen molar-refractivity contribution in [2.75, 3.05) is 16.4 Å². The molecule has 1 aliphatic rings. The van der Waals surface area contributed by atoms with E-state index in [1.807, 2.05) is 4.90 Å². The van der Waals surface area contributed by atoms with Crippen molar-refractivity contribution in [2.24, 2.45) is 5.92 Å². The van der Waals surface area contributed by atoms with Crippen molar-refractivity contribution in [3.63, 3.8) is 0 Å². The van der Waals surface area contributed by atoms with Gasteiger partial charge in [-0.05, 0) is 81.1 Å². The number of rotatable bonds is 18. The van der Waals surface area contributed by atoms with Gasteiger partial charge in [0.25, 0.3) is 0 Å². The number of halogens is 6. The van der Waals surface area contributed by atoms with Crippen molar-refractivity contribution < 1.29 is 64.0 Å². The van der Waals surface area contributed by atoms with Gasteiger partial charge in [-0.15, -0.1) is 11.3 Å². The largest absolute Gasteiger partial charge is 0.490 e. The van der Waals surface area contributed by atoms with E-state index in [0.717, 1.165) is 10.9 Å². The first-order chi connectivity index (χ1) is 28.0. The fraction of sp³-hybridized carbons (Fsp3) is 0.333. The second-order valence-corrected chi connectivity index (χ2v) is 13.7. The normalized spacial score (nSPS) is 15.3. The fourth-order valence-corrected chi connectivity index (χ4v) is 7.14. The summed E-state index contributed by atoms with van der Waals surface area (Å²) in [6, 6.07) is 14.3. The minimum atomic E-state index is -3.29. The summed E-state index contributed by atoms with van der Waals surface area (Å²) in [6.07, 6.45) is 5.93. The van der Waals surface area contributed by atoms with Gasteiger partial charge in [-0.1, -0.05) is 0 Å². The molecule has 0 saturated heterocycles. The Hall–Kier alpha value is -5.98. The third-order valence-electron chi connectivity index (χ3n) is 9.14. The zero-order valence-electron chi connectivity index (χ0n) is 30.7. The quantitative estimate of drug-likeness (QED) is 0.0474. The summed E-state index contributed by atoms with van der Waals surface area (Å²) in [5.74, 6) is -3.33. The van der Waals surface area contributed by atoms with Crippen molar-refractivity contribution in [3.8, 4) is 23.0 Å². The highest BCUT2D eigenvalue weighted by Gasteiger charge is 2.33. The van der Waals surface area contributed by atoms with Gasteiger partial charge in [-0.3, -0.25) is 9.78 Å². The van der Waals surface area contributed by atoms with E-state index in [1.54, 1.807) is 41.7 Å². The highest BCUT2D eigenvalue weighted by atomic mass is 32.1. The van der Waals surface area contributed by atoms with Crippen LogP contribution in [-0.4, -0.2) is 54.4 Å². The van der Waals surface area contributed by atoms with Crippen LogP contribution in [-0.2, 0) is 22.6 Å². The summed E-state index contributed by atoms with van der Waals surface area (Å²) in [4.78, 5) is 39.2. The molecule has 0 aliphatic heterocycles. The number of thiazole rings is 1. The second kappa shape index (κ2) is 19.4. The number of nitrogens with zero attached hydrogens (tertiary/aromatic N) is 4. The molecule has 1 aliphatic carbocycles. The molecule has 5 aromatic rings. The number of oxazole rings is 1. The van der Waals surface area contributed by atoms with Crippen LogP contribution in [0.5, 0.6) is 23.0 Å². The van der Waals surface area contributed by atoms with Gasteiger partial charge in [0, 0.05) is 46.3 Å². The molecule has 0 N–H and O–H groups in total.